The molecule has 0 aliphatic carbocycles. The highest BCUT2D eigenvalue weighted by molar-refractivity contribution is 6.30. The Labute approximate surface area is 125 Å². The van der Waals surface area contributed by atoms with Crippen LogP contribution in [0.25, 0.3) is 0 Å². The number of ether oxygens (including phenoxy) is 1. The van der Waals surface area contributed by atoms with Gasteiger partial charge in [-0.25, -0.2) is 0 Å². The maximum atomic E-state index is 12.2. The number of halogens is 1. The summed E-state index contributed by atoms with van der Waals surface area (Å²) < 4.78 is 6.96. The van der Waals surface area contributed by atoms with Crippen molar-refractivity contribution in [1.82, 2.24) is 15.1 Å². The quantitative estimate of drug-likeness (QED) is 0.787. The maximum absolute atomic E-state index is 12.2. The topological polar surface area (TPSA) is 56.2 Å². The first kappa shape index (κ1) is 17.0. The molecule has 114 valence electrons. The van der Waals surface area contributed by atoms with E-state index >= 15 is 0 Å². The lowest BCUT2D eigenvalue weighted by molar-refractivity contribution is -0.151. The standard InChI is InChI=1S/C14H24ClN3O2/c1-6-20-13(19)14(5,17-10(2)3)7-11(4)18-9-12(15)8-16-18/h8-11,17H,6-7H2,1-5H3. The van der Waals surface area contributed by atoms with Crippen LogP contribution in [0.1, 0.15) is 47.1 Å². The third-order valence-electron chi connectivity index (χ3n) is 3.06. The zero-order valence-corrected chi connectivity index (χ0v) is 13.6. The minimum Gasteiger partial charge on any atom is -0.465 e. The predicted molar refractivity (Wildman–Crippen MR) is 79.9 cm³/mol. The van der Waals surface area contributed by atoms with Crippen LogP contribution in [-0.2, 0) is 9.53 Å². The summed E-state index contributed by atoms with van der Waals surface area (Å²) in [5.74, 6) is -0.237. The second kappa shape index (κ2) is 7.09. The van der Waals surface area contributed by atoms with Gasteiger partial charge >= 0.3 is 5.97 Å². The lowest BCUT2D eigenvalue weighted by Crippen LogP contribution is -2.54. The number of aromatic nitrogens is 2. The Hall–Kier alpha value is -1.07. The van der Waals surface area contributed by atoms with Crippen LogP contribution >= 0.6 is 11.6 Å². The van der Waals surface area contributed by atoms with Gasteiger partial charge in [0.05, 0.1) is 23.9 Å². The Morgan fingerprint density at radius 1 is 1.55 bits per heavy atom. The summed E-state index contributed by atoms with van der Waals surface area (Å²) in [6.45, 7) is 10.1. The number of rotatable bonds is 7. The fourth-order valence-corrected chi connectivity index (χ4v) is 2.51. The van der Waals surface area contributed by atoms with Gasteiger partial charge in [0.2, 0.25) is 0 Å². The molecule has 1 aromatic heterocycles. The molecule has 0 saturated carbocycles. The van der Waals surface area contributed by atoms with E-state index in [1.807, 2.05) is 34.6 Å². The minimum atomic E-state index is -0.748. The van der Waals surface area contributed by atoms with Gasteiger partial charge in [0.15, 0.2) is 0 Å². The molecular formula is C14H24ClN3O2. The van der Waals surface area contributed by atoms with Crippen molar-refractivity contribution in [2.24, 2.45) is 0 Å². The number of nitrogens with zero attached hydrogens (tertiary/aromatic N) is 2. The van der Waals surface area contributed by atoms with Crippen molar-refractivity contribution in [3.63, 3.8) is 0 Å². The SMILES string of the molecule is CCOC(=O)C(C)(CC(C)n1cc(Cl)cn1)NC(C)C. The molecule has 1 aromatic rings. The summed E-state index contributed by atoms with van der Waals surface area (Å²) in [4.78, 5) is 12.2. The summed E-state index contributed by atoms with van der Waals surface area (Å²) >= 11 is 5.88. The number of esters is 1. The lowest BCUT2D eigenvalue weighted by atomic mass is 9.92. The summed E-state index contributed by atoms with van der Waals surface area (Å²) in [6, 6.07) is 0.209. The Kier molecular flexibility index (Phi) is 6.02. The summed E-state index contributed by atoms with van der Waals surface area (Å²) in [6.07, 6.45) is 3.92. The molecule has 0 aliphatic heterocycles. The van der Waals surface area contributed by atoms with Gasteiger partial charge < -0.3 is 4.74 Å². The molecule has 0 bridgehead atoms. The molecular weight excluding hydrogens is 278 g/mol. The smallest absolute Gasteiger partial charge is 0.326 e. The van der Waals surface area contributed by atoms with Crippen LogP contribution in [0.5, 0.6) is 0 Å². The zero-order valence-electron chi connectivity index (χ0n) is 12.8. The number of carbonyl (C=O) groups is 1. The predicted octanol–water partition coefficient (Wildman–Crippen LogP) is 2.81. The molecule has 0 fully saturated rings. The van der Waals surface area contributed by atoms with Crippen molar-refractivity contribution in [2.45, 2.75) is 58.7 Å². The van der Waals surface area contributed by atoms with E-state index in [1.165, 1.54) is 0 Å². The fourth-order valence-electron chi connectivity index (χ4n) is 2.37. The number of nitrogens with one attached hydrogen (secondary N) is 1. The van der Waals surface area contributed by atoms with Crippen LogP contribution < -0.4 is 5.32 Å². The van der Waals surface area contributed by atoms with Gasteiger partial charge in [-0.2, -0.15) is 5.10 Å². The molecule has 0 spiro atoms. The van der Waals surface area contributed by atoms with E-state index < -0.39 is 5.54 Å². The number of hydrogen-bond acceptors (Lipinski definition) is 4. The van der Waals surface area contributed by atoms with Crippen molar-refractivity contribution >= 4 is 17.6 Å². The lowest BCUT2D eigenvalue weighted by Gasteiger charge is -2.33. The number of hydrogen-bond donors (Lipinski definition) is 1. The average Bonchev–Trinajstić information content (AvgIpc) is 2.75. The van der Waals surface area contributed by atoms with Gasteiger partial charge in [0, 0.05) is 12.2 Å². The van der Waals surface area contributed by atoms with Crippen LogP contribution in [0.3, 0.4) is 0 Å². The fraction of sp³-hybridized carbons (Fsp3) is 0.714. The van der Waals surface area contributed by atoms with Crippen LogP contribution in [-0.4, -0.2) is 33.9 Å². The largest absolute Gasteiger partial charge is 0.465 e. The molecule has 1 N–H and O–H groups in total. The van der Waals surface area contributed by atoms with E-state index in [-0.39, 0.29) is 18.1 Å². The highest BCUT2D eigenvalue weighted by atomic mass is 35.5. The van der Waals surface area contributed by atoms with Gasteiger partial charge in [-0.3, -0.25) is 14.8 Å². The van der Waals surface area contributed by atoms with Gasteiger partial charge in [-0.05, 0) is 41.0 Å². The molecule has 6 heteroatoms. The van der Waals surface area contributed by atoms with E-state index in [1.54, 1.807) is 17.1 Å². The highest BCUT2D eigenvalue weighted by Gasteiger charge is 2.37. The van der Waals surface area contributed by atoms with Crippen molar-refractivity contribution < 1.29 is 9.53 Å². The highest BCUT2D eigenvalue weighted by Crippen LogP contribution is 2.23. The van der Waals surface area contributed by atoms with Crippen LogP contribution in [0, 0.1) is 0 Å². The van der Waals surface area contributed by atoms with E-state index in [0.29, 0.717) is 18.1 Å². The first-order valence-electron chi connectivity index (χ1n) is 6.93. The molecule has 5 nitrogen and oxygen atoms in total. The molecule has 0 saturated heterocycles. The zero-order chi connectivity index (χ0) is 15.3. The monoisotopic (exact) mass is 301 g/mol. The maximum Gasteiger partial charge on any atom is 0.326 e. The molecule has 2 unspecified atom stereocenters. The van der Waals surface area contributed by atoms with Crippen molar-refractivity contribution in [2.75, 3.05) is 6.61 Å². The number of carbonyl (C=O) groups excluding carboxylic acids is 1. The van der Waals surface area contributed by atoms with Crippen LogP contribution in [0.4, 0.5) is 0 Å². The molecule has 1 rings (SSSR count). The van der Waals surface area contributed by atoms with E-state index in [4.69, 9.17) is 16.3 Å². The molecule has 0 amide bonds. The third kappa shape index (κ3) is 4.49. The Morgan fingerprint density at radius 3 is 2.65 bits per heavy atom. The summed E-state index contributed by atoms with van der Waals surface area (Å²) in [5, 5.41) is 8.08. The summed E-state index contributed by atoms with van der Waals surface area (Å²) in [7, 11) is 0. The third-order valence-corrected chi connectivity index (χ3v) is 3.25. The van der Waals surface area contributed by atoms with E-state index in [9.17, 15) is 4.79 Å². The molecule has 2 atom stereocenters. The van der Waals surface area contributed by atoms with Crippen LogP contribution in [0.15, 0.2) is 12.4 Å². The summed E-state index contributed by atoms with van der Waals surface area (Å²) in [5.41, 5.74) is -0.748. The Bertz CT molecular complexity index is 447. The van der Waals surface area contributed by atoms with E-state index in [0.717, 1.165) is 0 Å². The second-order valence-electron chi connectivity index (χ2n) is 5.54. The Balaban J connectivity index is 2.86. The van der Waals surface area contributed by atoms with Gasteiger partial charge in [0.1, 0.15) is 5.54 Å². The first-order chi connectivity index (χ1) is 9.28. The molecule has 0 radical (unpaired) electrons. The normalized spacial score (nSPS) is 15.9. The first-order valence-corrected chi connectivity index (χ1v) is 7.31. The van der Waals surface area contributed by atoms with E-state index in [2.05, 4.69) is 10.4 Å². The molecule has 0 aromatic carbocycles. The molecule has 1 heterocycles. The van der Waals surface area contributed by atoms with Crippen molar-refractivity contribution in [1.29, 1.82) is 0 Å². The van der Waals surface area contributed by atoms with Gasteiger partial charge in [0.25, 0.3) is 0 Å². The van der Waals surface area contributed by atoms with Crippen molar-refractivity contribution in [3.05, 3.63) is 17.4 Å². The average molecular weight is 302 g/mol. The van der Waals surface area contributed by atoms with Crippen LogP contribution in [0.2, 0.25) is 5.02 Å². The van der Waals surface area contributed by atoms with Gasteiger partial charge in [-0.1, -0.05) is 11.6 Å². The second-order valence-corrected chi connectivity index (χ2v) is 5.98. The minimum absolute atomic E-state index is 0.0307. The molecule has 20 heavy (non-hydrogen) atoms. The molecule has 0 aliphatic rings. The van der Waals surface area contributed by atoms with Crippen molar-refractivity contribution in [3.8, 4) is 0 Å². The van der Waals surface area contributed by atoms with Gasteiger partial charge in [-0.15, -0.1) is 0 Å². The Morgan fingerprint density at radius 2 is 2.20 bits per heavy atom.